The van der Waals surface area contributed by atoms with Crippen molar-refractivity contribution in [3.05, 3.63) is 93.5 Å². The monoisotopic (exact) mass is 463 g/mol. The lowest BCUT2D eigenvalue weighted by Crippen LogP contribution is -2.37. The molecular weight excluding hydrogens is 438 g/mol. The van der Waals surface area contributed by atoms with Gasteiger partial charge in [0.1, 0.15) is 11.9 Å². The van der Waals surface area contributed by atoms with E-state index in [9.17, 15) is 14.9 Å². The van der Waals surface area contributed by atoms with Crippen molar-refractivity contribution in [1.82, 2.24) is 0 Å². The summed E-state index contributed by atoms with van der Waals surface area (Å²) in [4.78, 5) is 25.5. The first-order chi connectivity index (χ1) is 16.3. The second-order valence-corrected chi connectivity index (χ2v) is 7.41. The number of amides is 1. The summed E-state index contributed by atoms with van der Waals surface area (Å²) in [5.74, 6) is -0.878. The molecule has 0 bridgehead atoms. The highest BCUT2D eigenvalue weighted by Crippen LogP contribution is 2.41. The Kier molecular flexibility index (Phi) is 7.32. The van der Waals surface area contributed by atoms with Crippen molar-refractivity contribution in [2.24, 2.45) is 11.5 Å². The predicted octanol–water partition coefficient (Wildman–Crippen LogP) is 3.13. The van der Waals surface area contributed by atoms with Gasteiger partial charge in [0.15, 0.2) is 0 Å². The largest absolute Gasteiger partial charge is 0.490 e. The zero-order valence-electron chi connectivity index (χ0n) is 18.7. The molecule has 0 aromatic heterocycles. The maximum atomic E-state index is 12.8. The van der Waals surface area contributed by atoms with E-state index in [1.165, 1.54) is 26.4 Å². The van der Waals surface area contributed by atoms with Gasteiger partial charge in [-0.1, -0.05) is 30.3 Å². The number of nitrogen functional groups attached to an aromatic ring is 1. The van der Waals surface area contributed by atoms with Crippen LogP contribution in [0.15, 0.2) is 66.7 Å². The van der Waals surface area contributed by atoms with Crippen LogP contribution < -0.4 is 25.8 Å². The molecule has 3 aromatic rings. The Morgan fingerprint density at radius 2 is 1.59 bits per heavy atom. The lowest BCUT2D eigenvalue weighted by Gasteiger charge is -2.32. The first-order valence-electron chi connectivity index (χ1n) is 10.2. The minimum atomic E-state index is -1.02. The fourth-order valence-corrected chi connectivity index (χ4v) is 3.69. The standard InChI is InChI=1S/C24H25N5O5/c1-33-19-12-17(13-20(34-2)22(19)29(31)32)21(24(27)30)28(14-15-6-4-3-5-7-15)18-10-8-16(9-11-18)23(25)26/h3-13,21H,14H2,1-2H3,(H3,25,26)(H2,27,30). The Hall–Kier alpha value is -4.60. The van der Waals surface area contributed by atoms with Crippen LogP contribution in [0, 0.1) is 15.5 Å². The minimum Gasteiger partial charge on any atom is -0.490 e. The molecule has 176 valence electrons. The van der Waals surface area contributed by atoms with Gasteiger partial charge >= 0.3 is 5.69 Å². The summed E-state index contributed by atoms with van der Waals surface area (Å²) in [6.07, 6.45) is 0. The van der Waals surface area contributed by atoms with Crippen molar-refractivity contribution in [2.75, 3.05) is 19.1 Å². The molecule has 10 nitrogen and oxygen atoms in total. The van der Waals surface area contributed by atoms with Gasteiger partial charge in [0.25, 0.3) is 0 Å². The summed E-state index contributed by atoms with van der Waals surface area (Å²) in [6, 6.07) is 18.1. The van der Waals surface area contributed by atoms with Gasteiger partial charge < -0.3 is 25.8 Å². The third kappa shape index (κ3) is 5.07. The zero-order chi connectivity index (χ0) is 24.8. The van der Waals surface area contributed by atoms with Crippen LogP contribution in [0.4, 0.5) is 11.4 Å². The molecule has 1 unspecified atom stereocenters. The Morgan fingerprint density at radius 3 is 2.03 bits per heavy atom. The molecule has 10 heteroatoms. The normalized spacial score (nSPS) is 11.4. The SMILES string of the molecule is COc1cc(C(C(N)=O)N(Cc2ccccc2)c2ccc(C(=N)N)cc2)cc(OC)c1[N+](=O)[O-]. The van der Waals surface area contributed by atoms with Gasteiger partial charge in [-0.25, -0.2) is 0 Å². The average Bonchev–Trinajstić information content (AvgIpc) is 2.83. The smallest absolute Gasteiger partial charge is 0.352 e. The molecule has 1 amide bonds. The van der Waals surface area contributed by atoms with Gasteiger partial charge in [-0.2, -0.15) is 0 Å². The van der Waals surface area contributed by atoms with E-state index in [-0.39, 0.29) is 23.0 Å². The van der Waals surface area contributed by atoms with Gasteiger partial charge in [-0.3, -0.25) is 20.3 Å². The summed E-state index contributed by atoms with van der Waals surface area (Å²) in [6.45, 7) is 0.301. The Labute approximate surface area is 196 Å². The zero-order valence-corrected chi connectivity index (χ0v) is 18.7. The number of ether oxygens (including phenoxy) is 2. The Bertz CT molecular complexity index is 1170. The fraction of sp³-hybridized carbons (Fsp3) is 0.167. The van der Waals surface area contributed by atoms with E-state index in [1.54, 1.807) is 29.2 Å². The molecule has 3 rings (SSSR count). The summed E-state index contributed by atoms with van der Waals surface area (Å²) in [5, 5.41) is 19.2. The molecule has 0 saturated heterocycles. The number of hydrogen-bond donors (Lipinski definition) is 3. The number of rotatable bonds is 10. The first kappa shape index (κ1) is 24.1. The van der Waals surface area contributed by atoms with Gasteiger partial charge in [0.05, 0.1) is 19.1 Å². The van der Waals surface area contributed by atoms with Crippen LogP contribution in [0.5, 0.6) is 11.5 Å². The highest BCUT2D eigenvalue weighted by atomic mass is 16.6. The molecular formula is C24H25N5O5. The van der Waals surface area contributed by atoms with Crippen molar-refractivity contribution < 1.29 is 19.2 Å². The van der Waals surface area contributed by atoms with E-state index >= 15 is 0 Å². The number of nitro groups is 1. The molecule has 0 aliphatic heterocycles. The molecule has 0 heterocycles. The lowest BCUT2D eigenvalue weighted by molar-refractivity contribution is -0.386. The second-order valence-electron chi connectivity index (χ2n) is 7.41. The number of nitrogens with one attached hydrogen (secondary N) is 1. The van der Waals surface area contributed by atoms with Crippen molar-refractivity contribution in [1.29, 1.82) is 5.41 Å². The molecule has 0 saturated carbocycles. The summed E-state index contributed by atoms with van der Waals surface area (Å²) >= 11 is 0. The topological polar surface area (TPSA) is 158 Å². The van der Waals surface area contributed by atoms with Crippen molar-refractivity contribution in [2.45, 2.75) is 12.6 Å². The van der Waals surface area contributed by atoms with Crippen LogP contribution in [0.1, 0.15) is 22.7 Å². The summed E-state index contributed by atoms with van der Waals surface area (Å²) < 4.78 is 10.5. The van der Waals surface area contributed by atoms with Gasteiger partial charge in [-0.15, -0.1) is 0 Å². The number of carbonyl (C=O) groups is 1. The Morgan fingerprint density at radius 1 is 1.03 bits per heavy atom. The number of benzene rings is 3. The fourth-order valence-electron chi connectivity index (χ4n) is 3.69. The van der Waals surface area contributed by atoms with E-state index in [0.29, 0.717) is 23.4 Å². The molecule has 0 spiro atoms. The maximum Gasteiger partial charge on any atom is 0.352 e. The molecule has 3 aromatic carbocycles. The van der Waals surface area contributed by atoms with E-state index in [4.69, 9.17) is 26.4 Å². The third-order valence-electron chi connectivity index (χ3n) is 5.29. The average molecular weight is 463 g/mol. The van der Waals surface area contributed by atoms with Crippen LogP contribution in [-0.4, -0.2) is 30.9 Å². The minimum absolute atomic E-state index is 0.0582. The quantitative estimate of drug-likeness (QED) is 0.180. The van der Waals surface area contributed by atoms with Crippen LogP contribution in [-0.2, 0) is 11.3 Å². The van der Waals surface area contributed by atoms with Crippen LogP contribution in [0.3, 0.4) is 0 Å². The highest BCUT2D eigenvalue weighted by Gasteiger charge is 2.31. The number of methoxy groups -OCH3 is 2. The number of anilines is 1. The van der Waals surface area contributed by atoms with Gasteiger partial charge in [0.2, 0.25) is 17.4 Å². The molecule has 5 N–H and O–H groups in total. The number of primary amides is 1. The van der Waals surface area contributed by atoms with E-state index in [1.807, 2.05) is 30.3 Å². The highest BCUT2D eigenvalue weighted by molar-refractivity contribution is 5.95. The molecule has 34 heavy (non-hydrogen) atoms. The summed E-state index contributed by atoms with van der Waals surface area (Å²) in [5.41, 5.74) is 13.5. The van der Waals surface area contributed by atoms with Crippen molar-refractivity contribution >= 4 is 23.1 Å². The van der Waals surface area contributed by atoms with Crippen molar-refractivity contribution in [3.63, 3.8) is 0 Å². The molecule has 0 radical (unpaired) electrons. The maximum absolute atomic E-state index is 12.8. The lowest BCUT2D eigenvalue weighted by atomic mass is 10.0. The Balaban J connectivity index is 2.19. The van der Waals surface area contributed by atoms with E-state index in [0.717, 1.165) is 5.56 Å². The molecule has 1 atom stereocenters. The van der Waals surface area contributed by atoms with Gasteiger partial charge in [-0.05, 0) is 47.5 Å². The van der Waals surface area contributed by atoms with Crippen molar-refractivity contribution in [3.8, 4) is 11.5 Å². The predicted molar refractivity (Wildman–Crippen MR) is 128 cm³/mol. The van der Waals surface area contributed by atoms with E-state index in [2.05, 4.69) is 0 Å². The molecule has 0 aliphatic rings. The number of amidine groups is 1. The van der Waals surface area contributed by atoms with E-state index < -0.39 is 16.9 Å². The van der Waals surface area contributed by atoms with Crippen LogP contribution in [0.25, 0.3) is 0 Å². The second kappa shape index (κ2) is 10.3. The summed E-state index contributed by atoms with van der Waals surface area (Å²) in [7, 11) is 2.60. The van der Waals surface area contributed by atoms with Crippen LogP contribution in [0.2, 0.25) is 0 Å². The molecule has 0 aliphatic carbocycles. The first-order valence-corrected chi connectivity index (χ1v) is 10.2. The number of nitrogens with zero attached hydrogens (tertiary/aromatic N) is 2. The number of nitrogens with two attached hydrogens (primary N) is 2. The molecule has 0 fully saturated rings. The van der Waals surface area contributed by atoms with Gasteiger partial charge in [0, 0.05) is 17.8 Å². The third-order valence-corrected chi connectivity index (χ3v) is 5.29. The van der Waals surface area contributed by atoms with Crippen LogP contribution >= 0.6 is 0 Å². The number of nitro benzene ring substituents is 1. The number of hydrogen-bond acceptors (Lipinski definition) is 7. The number of carbonyl (C=O) groups excluding carboxylic acids is 1.